The summed E-state index contributed by atoms with van der Waals surface area (Å²) < 4.78 is 10.5. The molecule has 0 aliphatic carbocycles. The molecule has 0 spiro atoms. The summed E-state index contributed by atoms with van der Waals surface area (Å²) in [5, 5.41) is 10.7. The van der Waals surface area contributed by atoms with E-state index in [1.54, 1.807) is 19.9 Å². The third kappa shape index (κ3) is 4.60. The van der Waals surface area contributed by atoms with Crippen LogP contribution in [-0.2, 0) is 9.53 Å². The van der Waals surface area contributed by atoms with Gasteiger partial charge in [-0.2, -0.15) is 5.26 Å². The summed E-state index contributed by atoms with van der Waals surface area (Å²) in [6, 6.07) is 9.43. The zero-order valence-electron chi connectivity index (χ0n) is 13.3. The molecule has 0 fully saturated rings. The van der Waals surface area contributed by atoms with E-state index in [0.29, 0.717) is 17.2 Å². The number of esters is 1. The molecule has 0 aliphatic heterocycles. The summed E-state index contributed by atoms with van der Waals surface area (Å²) >= 11 is 1.21. The van der Waals surface area contributed by atoms with Gasteiger partial charge in [-0.1, -0.05) is 11.8 Å². The van der Waals surface area contributed by atoms with E-state index in [1.807, 2.05) is 25.1 Å². The topological polar surface area (TPSA) is 72.2 Å². The molecule has 2 aromatic rings. The maximum atomic E-state index is 11.6. The van der Waals surface area contributed by atoms with Crippen molar-refractivity contribution in [3.63, 3.8) is 0 Å². The number of ether oxygens (including phenoxy) is 2. The Morgan fingerprint density at radius 1 is 1.39 bits per heavy atom. The third-order valence-corrected chi connectivity index (χ3v) is 3.84. The van der Waals surface area contributed by atoms with Crippen molar-refractivity contribution in [3.8, 4) is 11.8 Å². The van der Waals surface area contributed by atoms with Gasteiger partial charge in [0.2, 0.25) is 0 Å². The van der Waals surface area contributed by atoms with E-state index >= 15 is 0 Å². The number of aromatic nitrogens is 1. The number of hydrogen-bond acceptors (Lipinski definition) is 6. The molecule has 23 heavy (non-hydrogen) atoms. The maximum absolute atomic E-state index is 11.6. The molecule has 0 saturated carbocycles. The number of carbonyl (C=O) groups is 1. The van der Waals surface area contributed by atoms with Crippen molar-refractivity contribution in [3.05, 3.63) is 29.8 Å². The lowest BCUT2D eigenvalue weighted by molar-refractivity contribution is -0.144. The van der Waals surface area contributed by atoms with Gasteiger partial charge < -0.3 is 9.47 Å². The number of benzene rings is 1. The molecule has 2 rings (SSSR count). The van der Waals surface area contributed by atoms with Crippen LogP contribution >= 0.6 is 11.8 Å². The summed E-state index contributed by atoms with van der Waals surface area (Å²) in [6.07, 6.45) is -0.153. The molecule has 0 radical (unpaired) electrons. The van der Waals surface area contributed by atoms with Crippen molar-refractivity contribution >= 4 is 28.6 Å². The largest absolute Gasteiger partial charge is 0.494 e. The molecule has 1 aromatic heterocycles. The van der Waals surface area contributed by atoms with Gasteiger partial charge in [0, 0.05) is 5.39 Å². The van der Waals surface area contributed by atoms with Crippen LogP contribution in [-0.4, -0.2) is 29.4 Å². The number of rotatable bonds is 6. The Hall–Kier alpha value is -2.26. The predicted molar refractivity (Wildman–Crippen MR) is 89.6 cm³/mol. The third-order valence-electron chi connectivity index (χ3n) is 2.88. The first-order valence-electron chi connectivity index (χ1n) is 7.33. The molecular formula is C17H18N2O3S. The number of fused-ring (bicyclic) bond motifs is 1. The molecule has 1 heterocycles. The fraction of sp³-hybridized carbons (Fsp3) is 0.353. The van der Waals surface area contributed by atoms with Crippen LogP contribution in [0.5, 0.6) is 5.75 Å². The Morgan fingerprint density at radius 2 is 2.17 bits per heavy atom. The lowest BCUT2D eigenvalue weighted by Gasteiger charge is -2.09. The number of nitrogens with zero attached hydrogens (tertiary/aromatic N) is 2. The minimum atomic E-state index is -0.317. The Balaban J connectivity index is 2.24. The van der Waals surface area contributed by atoms with Gasteiger partial charge in [0.15, 0.2) is 0 Å². The molecule has 0 bridgehead atoms. The molecule has 120 valence electrons. The molecule has 0 saturated heterocycles. The zero-order valence-corrected chi connectivity index (χ0v) is 14.1. The molecule has 5 nitrogen and oxygen atoms in total. The van der Waals surface area contributed by atoms with Gasteiger partial charge in [-0.3, -0.25) is 4.79 Å². The quantitative estimate of drug-likeness (QED) is 0.596. The SMILES string of the molecule is CCOc1ccc2nc(SCC(=O)OC(C)C)c(C#N)cc2c1. The van der Waals surface area contributed by atoms with Crippen LogP contribution in [0, 0.1) is 11.3 Å². The Bertz CT molecular complexity index is 753. The Morgan fingerprint density at radius 3 is 2.83 bits per heavy atom. The fourth-order valence-corrected chi connectivity index (χ4v) is 2.75. The number of thioether (sulfide) groups is 1. The van der Waals surface area contributed by atoms with Crippen LogP contribution in [0.3, 0.4) is 0 Å². The normalized spacial score (nSPS) is 10.6. The first-order chi connectivity index (χ1) is 11.0. The molecule has 6 heteroatoms. The van der Waals surface area contributed by atoms with Crippen LogP contribution in [0.25, 0.3) is 10.9 Å². The van der Waals surface area contributed by atoms with E-state index < -0.39 is 0 Å². The van der Waals surface area contributed by atoms with Crippen LogP contribution < -0.4 is 4.74 Å². The van der Waals surface area contributed by atoms with Gasteiger partial charge in [-0.15, -0.1) is 0 Å². The summed E-state index contributed by atoms with van der Waals surface area (Å²) in [5.74, 6) is 0.552. The average Bonchev–Trinajstić information content (AvgIpc) is 2.51. The molecule has 1 aromatic carbocycles. The molecule has 0 atom stereocenters. The van der Waals surface area contributed by atoms with Crippen molar-refractivity contribution in [2.24, 2.45) is 0 Å². The maximum Gasteiger partial charge on any atom is 0.316 e. The average molecular weight is 330 g/mol. The van der Waals surface area contributed by atoms with Crippen LogP contribution in [0.2, 0.25) is 0 Å². The minimum Gasteiger partial charge on any atom is -0.494 e. The van der Waals surface area contributed by atoms with Crippen molar-refractivity contribution in [2.75, 3.05) is 12.4 Å². The van der Waals surface area contributed by atoms with Crippen molar-refractivity contribution in [1.82, 2.24) is 4.98 Å². The van der Waals surface area contributed by atoms with Gasteiger partial charge >= 0.3 is 5.97 Å². The number of carbonyl (C=O) groups excluding carboxylic acids is 1. The molecular weight excluding hydrogens is 312 g/mol. The highest BCUT2D eigenvalue weighted by atomic mass is 32.2. The second kappa shape index (κ2) is 7.84. The number of nitriles is 1. The lowest BCUT2D eigenvalue weighted by Crippen LogP contribution is -2.13. The summed E-state index contributed by atoms with van der Waals surface area (Å²) in [7, 11) is 0. The van der Waals surface area contributed by atoms with Crippen LogP contribution in [0.1, 0.15) is 26.3 Å². The Labute approximate surface area is 139 Å². The smallest absolute Gasteiger partial charge is 0.316 e. The number of hydrogen-bond donors (Lipinski definition) is 0. The molecule has 0 amide bonds. The predicted octanol–water partition coefficient (Wildman–Crippen LogP) is 3.55. The summed E-state index contributed by atoms with van der Waals surface area (Å²) in [4.78, 5) is 16.1. The van der Waals surface area contributed by atoms with Gasteiger partial charge in [-0.05, 0) is 45.0 Å². The first kappa shape index (κ1) is 17.1. The molecule has 0 aliphatic rings. The van der Waals surface area contributed by atoms with Gasteiger partial charge in [0.05, 0.1) is 29.5 Å². The summed E-state index contributed by atoms with van der Waals surface area (Å²) in [6.45, 7) is 6.09. The van der Waals surface area contributed by atoms with Crippen LogP contribution in [0.4, 0.5) is 0 Å². The molecule has 0 unspecified atom stereocenters. The Kier molecular flexibility index (Phi) is 5.83. The van der Waals surface area contributed by atoms with Crippen LogP contribution in [0.15, 0.2) is 29.3 Å². The summed E-state index contributed by atoms with van der Waals surface area (Å²) in [5.41, 5.74) is 1.20. The van der Waals surface area contributed by atoms with E-state index in [2.05, 4.69) is 11.1 Å². The van der Waals surface area contributed by atoms with Crippen molar-refractivity contribution < 1.29 is 14.3 Å². The minimum absolute atomic E-state index is 0.127. The van der Waals surface area contributed by atoms with Crippen molar-refractivity contribution in [2.45, 2.75) is 31.9 Å². The van der Waals surface area contributed by atoms with Gasteiger partial charge in [0.1, 0.15) is 16.8 Å². The van der Waals surface area contributed by atoms with E-state index in [1.165, 1.54) is 11.8 Å². The second-order valence-electron chi connectivity index (χ2n) is 5.07. The van der Waals surface area contributed by atoms with E-state index in [-0.39, 0.29) is 17.8 Å². The van der Waals surface area contributed by atoms with Gasteiger partial charge in [0.25, 0.3) is 0 Å². The highest BCUT2D eigenvalue weighted by Gasteiger charge is 2.12. The zero-order chi connectivity index (χ0) is 16.8. The van der Waals surface area contributed by atoms with E-state index in [4.69, 9.17) is 9.47 Å². The van der Waals surface area contributed by atoms with Gasteiger partial charge in [-0.25, -0.2) is 4.98 Å². The highest BCUT2D eigenvalue weighted by molar-refractivity contribution is 7.99. The lowest BCUT2D eigenvalue weighted by atomic mass is 10.1. The standard InChI is InChI=1S/C17H18N2O3S/c1-4-21-14-5-6-15-12(8-14)7-13(9-18)17(19-15)23-10-16(20)22-11(2)3/h5-8,11H,4,10H2,1-3H3. The van der Waals surface area contributed by atoms with Crippen molar-refractivity contribution in [1.29, 1.82) is 5.26 Å². The molecule has 0 N–H and O–H groups in total. The monoisotopic (exact) mass is 330 g/mol. The van der Waals surface area contributed by atoms with E-state index in [9.17, 15) is 10.1 Å². The fourth-order valence-electron chi connectivity index (χ4n) is 2.01. The first-order valence-corrected chi connectivity index (χ1v) is 8.32. The number of pyridine rings is 1. The highest BCUT2D eigenvalue weighted by Crippen LogP contribution is 2.27. The van der Waals surface area contributed by atoms with E-state index in [0.717, 1.165) is 16.7 Å². The second-order valence-corrected chi connectivity index (χ2v) is 6.03.